The van der Waals surface area contributed by atoms with Crippen LogP contribution in [-0.2, 0) is 6.61 Å². The SMILES string of the molecule is Nc1ccc2c(c1)nc(CO)n2-c1c(F)cc(F)cc1F. The number of nitrogens with zero attached hydrogens (tertiary/aromatic N) is 2. The van der Waals surface area contributed by atoms with Crippen molar-refractivity contribution in [2.45, 2.75) is 6.61 Å². The van der Waals surface area contributed by atoms with E-state index in [1.807, 2.05) is 0 Å². The molecule has 0 aliphatic carbocycles. The molecule has 0 radical (unpaired) electrons. The Balaban J connectivity index is 2.39. The summed E-state index contributed by atoms with van der Waals surface area (Å²) in [4.78, 5) is 4.08. The van der Waals surface area contributed by atoms with E-state index < -0.39 is 29.7 Å². The third kappa shape index (κ3) is 2.11. The number of aromatic nitrogens is 2. The highest BCUT2D eigenvalue weighted by molar-refractivity contribution is 5.81. The van der Waals surface area contributed by atoms with E-state index in [4.69, 9.17) is 5.73 Å². The number of rotatable bonds is 2. The molecule has 1 heterocycles. The average Bonchev–Trinajstić information content (AvgIpc) is 2.75. The second kappa shape index (κ2) is 4.78. The molecular formula is C14H10F3N3O. The first-order chi connectivity index (χ1) is 10.0. The van der Waals surface area contributed by atoms with Crippen LogP contribution in [0.25, 0.3) is 16.7 Å². The molecule has 0 aliphatic heterocycles. The highest BCUT2D eigenvalue weighted by Gasteiger charge is 2.19. The Kier molecular flexibility index (Phi) is 3.06. The van der Waals surface area contributed by atoms with E-state index in [-0.39, 0.29) is 5.82 Å². The van der Waals surface area contributed by atoms with Gasteiger partial charge in [0, 0.05) is 17.8 Å². The highest BCUT2D eigenvalue weighted by Crippen LogP contribution is 2.27. The number of benzene rings is 2. The van der Waals surface area contributed by atoms with Crippen molar-refractivity contribution in [3.63, 3.8) is 0 Å². The topological polar surface area (TPSA) is 64.1 Å². The fourth-order valence-electron chi connectivity index (χ4n) is 2.25. The molecule has 1 aromatic heterocycles. The largest absolute Gasteiger partial charge is 0.399 e. The van der Waals surface area contributed by atoms with Gasteiger partial charge in [-0.2, -0.15) is 0 Å². The maximum Gasteiger partial charge on any atom is 0.153 e. The number of aliphatic hydroxyl groups excluding tert-OH is 1. The molecule has 7 heteroatoms. The molecule has 108 valence electrons. The molecule has 2 aromatic carbocycles. The molecule has 0 bridgehead atoms. The lowest BCUT2D eigenvalue weighted by molar-refractivity contribution is 0.269. The molecule has 0 fully saturated rings. The summed E-state index contributed by atoms with van der Waals surface area (Å²) in [6.45, 7) is -0.537. The van der Waals surface area contributed by atoms with Crippen LogP contribution in [0.15, 0.2) is 30.3 Å². The third-order valence-corrected chi connectivity index (χ3v) is 3.09. The number of halogens is 3. The van der Waals surface area contributed by atoms with E-state index >= 15 is 0 Å². The molecular weight excluding hydrogens is 283 g/mol. The number of aliphatic hydroxyl groups is 1. The Morgan fingerprint density at radius 1 is 1.10 bits per heavy atom. The standard InChI is InChI=1S/C14H10F3N3O/c15-7-3-9(16)14(10(17)4-7)20-12-2-1-8(18)5-11(12)19-13(20)6-21/h1-5,21H,6,18H2. The minimum atomic E-state index is -1.08. The summed E-state index contributed by atoms with van der Waals surface area (Å²) in [6.07, 6.45) is 0. The smallest absolute Gasteiger partial charge is 0.153 e. The van der Waals surface area contributed by atoms with Crippen LogP contribution >= 0.6 is 0 Å². The predicted octanol–water partition coefficient (Wildman–Crippen LogP) is 2.52. The van der Waals surface area contributed by atoms with Crippen LogP contribution < -0.4 is 5.73 Å². The number of nitrogen functional groups attached to an aromatic ring is 1. The Morgan fingerprint density at radius 2 is 1.76 bits per heavy atom. The summed E-state index contributed by atoms with van der Waals surface area (Å²) >= 11 is 0. The van der Waals surface area contributed by atoms with E-state index in [2.05, 4.69) is 4.98 Å². The summed E-state index contributed by atoms with van der Waals surface area (Å²) in [6, 6.07) is 5.73. The molecule has 0 saturated heterocycles. The molecule has 4 nitrogen and oxygen atoms in total. The van der Waals surface area contributed by atoms with Crippen LogP contribution in [0.5, 0.6) is 0 Å². The van der Waals surface area contributed by atoms with Gasteiger partial charge in [-0.1, -0.05) is 0 Å². The fraction of sp³-hybridized carbons (Fsp3) is 0.0714. The van der Waals surface area contributed by atoms with Crippen LogP contribution in [0.2, 0.25) is 0 Å². The summed E-state index contributed by atoms with van der Waals surface area (Å²) in [5.41, 5.74) is 6.30. The van der Waals surface area contributed by atoms with Crippen LogP contribution in [0.1, 0.15) is 5.82 Å². The van der Waals surface area contributed by atoms with Gasteiger partial charge in [0.1, 0.15) is 23.9 Å². The lowest BCUT2D eigenvalue weighted by Gasteiger charge is -2.10. The molecule has 21 heavy (non-hydrogen) atoms. The van der Waals surface area contributed by atoms with E-state index in [9.17, 15) is 18.3 Å². The van der Waals surface area contributed by atoms with Crippen LogP contribution in [0.3, 0.4) is 0 Å². The number of imidazole rings is 1. The average molecular weight is 293 g/mol. The molecule has 0 atom stereocenters. The highest BCUT2D eigenvalue weighted by atomic mass is 19.1. The first kappa shape index (κ1) is 13.4. The molecule has 0 spiro atoms. The van der Waals surface area contributed by atoms with Crippen molar-refractivity contribution in [1.82, 2.24) is 9.55 Å². The van der Waals surface area contributed by atoms with Gasteiger partial charge in [-0.05, 0) is 18.2 Å². The van der Waals surface area contributed by atoms with Gasteiger partial charge in [0.15, 0.2) is 11.6 Å². The third-order valence-electron chi connectivity index (χ3n) is 3.09. The number of fused-ring (bicyclic) bond motifs is 1. The van der Waals surface area contributed by atoms with Crippen LogP contribution in [0.4, 0.5) is 18.9 Å². The molecule has 3 rings (SSSR count). The van der Waals surface area contributed by atoms with Gasteiger partial charge < -0.3 is 10.8 Å². The van der Waals surface area contributed by atoms with Gasteiger partial charge in [0.25, 0.3) is 0 Å². The summed E-state index contributed by atoms with van der Waals surface area (Å²) in [5.74, 6) is -3.16. The summed E-state index contributed by atoms with van der Waals surface area (Å²) in [5, 5.41) is 9.35. The van der Waals surface area contributed by atoms with Gasteiger partial charge in [-0.3, -0.25) is 4.57 Å². The Hall–Kier alpha value is -2.54. The van der Waals surface area contributed by atoms with Gasteiger partial charge >= 0.3 is 0 Å². The first-order valence-electron chi connectivity index (χ1n) is 6.04. The van der Waals surface area contributed by atoms with Crippen molar-refractivity contribution in [3.05, 3.63) is 53.6 Å². The van der Waals surface area contributed by atoms with E-state index in [1.165, 1.54) is 12.1 Å². The summed E-state index contributed by atoms with van der Waals surface area (Å²) in [7, 11) is 0. The summed E-state index contributed by atoms with van der Waals surface area (Å²) < 4.78 is 42.1. The minimum Gasteiger partial charge on any atom is -0.399 e. The van der Waals surface area contributed by atoms with Gasteiger partial charge in [0.2, 0.25) is 0 Å². The quantitative estimate of drug-likeness (QED) is 0.714. The lowest BCUT2D eigenvalue weighted by Crippen LogP contribution is -2.07. The van der Waals surface area contributed by atoms with Crippen molar-refractivity contribution in [2.24, 2.45) is 0 Å². The second-order valence-corrected chi connectivity index (χ2v) is 4.49. The van der Waals surface area contributed by atoms with Crippen molar-refractivity contribution in [1.29, 1.82) is 0 Å². The minimum absolute atomic E-state index is 0.0278. The monoisotopic (exact) mass is 293 g/mol. The zero-order chi connectivity index (χ0) is 15.1. The Morgan fingerprint density at radius 3 is 2.38 bits per heavy atom. The fourth-order valence-corrected chi connectivity index (χ4v) is 2.25. The van der Waals surface area contributed by atoms with Crippen molar-refractivity contribution < 1.29 is 18.3 Å². The lowest BCUT2D eigenvalue weighted by atomic mass is 10.2. The van der Waals surface area contributed by atoms with Gasteiger partial charge in [-0.25, -0.2) is 18.2 Å². The van der Waals surface area contributed by atoms with Crippen molar-refractivity contribution >= 4 is 16.7 Å². The molecule has 3 N–H and O–H groups in total. The number of nitrogens with two attached hydrogens (primary N) is 1. The van der Waals surface area contributed by atoms with Crippen LogP contribution in [-0.4, -0.2) is 14.7 Å². The van der Waals surface area contributed by atoms with E-state index in [1.54, 1.807) is 6.07 Å². The molecule has 0 amide bonds. The number of anilines is 1. The van der Waals surface area contributed by atoms with Gasteiger partial charge in [-0.15, -0.1) is 0 Å². The zero-order valence-corrected chi connectivity index (χ0v) is 10.6. The van der Waals surface area contributed by atoms with Crippen LogP contribution in [0, 0.1) is 17.5 Å². The molecule has 0 saturated carbocycles. The molecule has 0 unspecified atom stereocenters. The second-order valence-electron chi connectivity index (χ2n) is 4.49. The normalized spacial score (nSPS) is 11.2. The molecule has 0 aliphatic rings. The van der Waals surface area contributed by atoms with E-state index in [0.717, 1.165) is 4.57 Å². The van der Waals surface area contributed by atoms with Crippen molar-refractivity contribution in [3.8, 4) is 5.69 Å². The van der Waals surface area contributed by atoms with Crippen molar-refractivity contribution in [2.75, 3.05) is 5.73 Å². The Bertz CT molecular complexity index is 822. The zero-order valence-electron chi connectivity index (χ0n) is 10.6. The van der Waals surface area contributed by atoms with Gasteiger partial charge in [0.05, 0.1) is 11.0 Å². The van der Waals surface area contributed by atoms with E-state index in [0.29, 0.717) is 28.9 Å². The number of hydrogen-bond donors (Lipinski definition) is 2. The molecule has 3 aromatic rings. The first-order valence-corrected chi connectivity index (χ1v) is 6.04. The predicted molar refractivity (Wildman–Crippen MR) is 71.3 cm³/mol. The maximum absolute atomic E-state index is 14.0. The maximum atomic E-state index is 14.0. The number of hydrogen-bond acceptors (Lipinski definition) is 3. The Labute approximate surface area is 117 Å².